The molecule has 2 heterocycles. The third-order valence-corrected chi connectivity index (χ3v) is 16.1. The maximum atomic E-state index is 14.6. The number of aliphatic hydroxyl groups is 2. The predicted octanol–water partition coefficient (Wildman–Crippen LogP) is 5.85. The first-order valence-corrected chi connectivity index (χ1v) is 19.6. The summed E-state index contributed by atoms with van der Waals surface area (Å²) < 4.78 is 17.2. The second-order valence-electron chi connectivity index (χ2n) is 19.4. The molecular formula is C41H62N4O7. The summed E-state index contributed by atoms with van der Waals surface area (Å²) in [6, 6.07) is 0. The number of hydrogen-bond acceptors (Lipinski definition) is 9. The lowest BCUT2D eigenvalue weighted by molar-refractivity contribution is -0.203. The maximum Gasteiger partial charge on any atom is 0.378 e. The Morgan fingerprint density at radius 1 is 1.02 bits per heavy atom. The highest BCUT2D eigenvalue weighted by molar-refractivity contribution is 5.89. The van der Waals surface area contributed by atoms with Gasteiger partial charge in [0.2, 0.25) is 11.7 Å². The van der Waals surface area contributed by atoms with Crippen LogP contribution in [0.2, 0.25) is 0 Å². The highest BCUT2D eigenvalue weighted by Crippen LogP contribution is 2.75. The predicted molar refractivity (Wildman–Crippen MR) is 194 cm³/mol. The van der Waals surface area contributed by atoms with Crippen LogP contribution in [0.4, 0.5) is 0 Å². The van der Waals surface area contributed by atoms with Crippen LogP contribution in [0.15, 0.2) is 29.4 Å². The van der Waals surface area contributed by atoms with Crippen LogP contribution in [-0.4, -0.2) is 69.6 Å². The zero-order valence-corrected chi connectivity index (χ0v) is 32.9. The third kappa shape index (κ3) is 5.40. The number of methoxy groups -OCH3 is 2. The molecule has 0 spiro atoms. The molecule has 0 aromatic carbocycles. The standard InChI is InChI=1S/C41H62N4O7/c1-36(2)16-18-41(35(49)42-21-24-22-45(44-43-24)23-27(46)31-32(50-8)33(51-9)34(48)52-31)19-17-39(6)25(26(41)20-36)10-11-29-38(5)14-13-30(47)37(3,4)28(38)12-15-40(29,39)7/h10,22,26-31,46-47H,11-21,23H2,1-9H3,(H,42,49)/t26-,27-,28-,29+,30-,31+,38-,39+,40+,41-/m0/s1. The summed E-state index contributed by atoms with van der Waals surface area (Å²) in [7, 11) is 2.74. The molecule has 0 radical (unpaired) electrons. The van der Waals surface area contributed by atoms with Crippen molar-refractivity contribution >= 4 is 11.9 Å². The Bertz CT molecular complexity index is 1660. The fraction of sp³-hybridized carbons (Fsp3) is 0.805. The SMILES string of the molecule is COC1=C(OC)[C@@H]([C@@H](O)Cn2cc(CNC(=O)[C@]34CCC(C)(C)C[C@H]3C3=CC[C@@H]5[C@@]6(C)CC[C@H](O)C(C)(C)[C@@H]6CC[C@@]5(C)[C@]3(C)CC4)nn2)OC1=O. The van der Waals surface area contributed by atoms with Gasteiger partial charge in [0, 0.05) is 0 Å². The molecule has 5 aliphatic carbocycles. The lowest BCUT2D eigenvalue weighted by atomic mass is 9.33. The summed E-state index contributed by atoms with van der Waals surface area (Å²) in [4.78, 5) is 26.7. The van der Waals surface area contributed by atoms with E-state index in [-0.39, 0.29) is 69.6 Å². The van der Waals surface area contributed by atoms with E-state index in [1.165, 1.54) is 30.9 Å². The second kappa shape index (κ2) is 12.6. The van der Waals surface area contributed by atoms with E-state index >= 15 is 0 Å². The van der Waals surface area contributed by atoms with Crippen molar-refractivity contribution in [1.82, 2.24) is 20.3 Å². The first-order chi connectivity index (χ1) is 24.4. The molecule has 0 bridgehead atoms. The molecule has 11 heteroatoms. The highest BCUT2D eigenvalue weighted by Gasteiger charge is 2.69. The number of nitrogens with zero attached hydrogens (tertiary/aromatic N) is 3. The molecule has 0 unspecified atom stereocenters. The lowest BCUT2D eigenvalue weighted by Crippen LogP contribution is -2.65. The highest BCUT2D eigenvalue weighted by atomic mass is 16.6. The number of fused-ring (bicyclic) bond motifs is 7. The molecule has 288 valence electrons. The number of cyclic esters (lactones) is 1. The van der Waals surface area contributed by atoms with E-state index in [0.717, 1.165) is 57.8 Å². The molecule has 1 aliphatic heterocycles. The van der Waals surface area contributed by atoms with Crippen molar-refractivity contribution in [2.24, 2.45) is 50.2 Å². The first-order valence-electron chi connectivity index (χ1n) is 19.6. The average molecular weight is 723 g/mol. The Hall–Kier alpha value is -2.92. The van der Waals surface area contributed by atoms with E-state index in [9.17, 15) is 19.8 Å². The molecule has 4 fully saturated rings. The largest absolute Gasteiger partial charge is 0.493 e. The molecule has 1 aromatic heterocycles. The van der Waals surface area contributed by atoms with E-state index in [2.05, 4.69) is 70.2 Å². The van der Waals surface area contributed by atoms with Crippen molar-refractivity contribution < 1.29 is 34.0 Å². The Morgan fingerprint density at radius 3 is 2.46 bits per heavy atom. The van der Waals surface area contributed by atoms with Gasteiger partial charge in [-0.1, -0.05) is 65.3 Å². The number of aromatic nitrogens is 3. The van der Waals surface area contributed by atoms with Gasteiger partial charge in [0.05, 0.1) is 45.0 Å². The second-order valence-corrected chi connectivity index (χ2v) is 19.4. The number of nitrogens with one attached hydrogen (secondary N) is 1. The van der Waals surface area contributed by atoms with Gasteiger partial charge in [-0.25, -0.2) is 9.48 Å². The van der Waals surface area contributed by atoms with Crippen LogP contribution in [0.3, 0.4) is 0 Å². The Labute approximate surface area is 309 Å². The number of allylic oxidation sites excluding steroid dienone is 2. The van der Waals surface area contributed by atoms with Crippen LogP contribution < -0.4 is 5.32 Å². The molecule has 1 aromatic rings. The number of rotatable bonds is 8. The first kappa shape index (κ1) is 37.4. The summed E-state index contributed by atoms with van der Waals surface area (Å²) in [6.45, 7) is 17.3. The van der Waals surface area contributed by atoms with Crippen LogP contribution in [0.25, 0.3) is 0 Å². The molecular weight excluding hydrogens is 660 g/mol. The van der Waals surface area contributed by atoms with Gasteiger partial charge in [0.1, 0.15) is 11.8 Å². The summed E-state index contributed by atoms with van der Waals surface area (Å²) in [5.41, 5.74) is 2.06. The molecule has 7 rings (SSSR count). The monoisotopic (exact) mass is 722 g/mol. The van der Waals surface area contributed by atoms with Crippen molar-refractivity contribution in [2.75, 3.05) is 14.2 Å². The van der Waals surface area contributed by atoms with E-state index < -0.39 is 23.6 Å². The molecule has 11 nitrogen and oxygen atoms in total. The maximum absolute atomic E-state index is 14.6. The molecule has 0 saturated heterocycles. The fourth-order valence-corrected chi connectivity index (χ4v) is 12.9. The summed E-state index contributed by atoms with van der Waals surface area (Å²) in [5.74, 6) is 0.738. The van der Waals surface area contributed by atoms with Crippen LogP contribution >= 0.6 is 0 Å². The quantitative estimate of drug-likeness (QED) is 0.222. The van der Waals surface area contributed by atoms with Crippen molar-refractivity contribution in [3.8, 4) is 0 Å². The molecule has 4 saturated carbocycles. The van der Waals surface area contributed by atoms with E-state index in [4.69, 9.17) is 14.2 Å². The van der Waals surface area contributed by atoms with Crippen LogP contribution in [-0.2, 0) is 36.9 Å². The number of ether oxygens (including phenoxy) is 3. The Morgan fingerprint density at radius 2 is 1.75 bits per heavy atom. The molecule has 10 atom stereocenters. The number of hydrogen-bond donors (Lipinski definition) is 3. The van der Waals surface area contributed by atoms with Crippen molar-refractivity contribution in [1.29, 1.82) is 0 Å². The summed E-state index contributed by atoms with van der Waals surface area (Å²) in [5, 5.41) is 33.8. The zero-order valence-electron chi connectivity index (χ0n) is 32.9. The third-order valence-electron chi connectivity index (χ3n) is 16.1. The van der Waals surface area contributed by atoms with Crippen molar-refractivity contribution in [3.05, 3.63) is 35.1 Å². The minimum absolute atomic E-state index is 0.00815. The van der Waals surface area contributed by atoms with Gasteiger partial charge in [-0.15, -0.1) is 5.10 Å². The summed E-state index contributed by atoms with van der Waals surface area (Å²) >= 11 is 0. The van der Waals surface area contributed by atoms with Gasteiger partial charge < -0.3 is 29.7 Å². The van der Waals surface area contributed by atoms with Gasteiger partial charge in [-0.3, -0.25) is 4.79 Å². The number of esters is 1. The minimum Gasteiger partial charge on any atom is -0.493 e. The van der Waals surface area contributed by atoms with Crippen LogP contribution in [0, 0.1) is 50.2 Å². The zero-order chi connectivity index (χ0) is 37.6. The Balaban J connectivity index is 1.10. The molecule has 1 amide bonds. The van der Waals surface area contributed by atoms with Gasteiger partial charge in [-0.05, 0) is 109 Å². The normalized spacial score (nSPS) is 41.0. The number of amides is 1. The van der Waals surface area contributed by atoms with Crippen LogP contribution in [0.5, 0.6) is 0 Å². The minimum atomic E-state index is -1.14. The van der Waals surface area contributed by atoms with Crippen molar-refractivity contribution in [2.45, 2.75) is 144 Å². The van der Waals surface area contributed by atoms with Crippen LogP contribution in [0.1, 0.15) is 118 Å². The molecule has 6 aliphatic rings. The van der Waals surface area contributed by atoms with Gasteiger partial charge >= 0.3 is 5.97 Å². The van der Waals surface area contributed by atoms with E-state index in [0.29, 0.717) is 17.5 Å². The fourth-order valence-electron chi connectivity index (χ4n) is 12.9. The average Bonchev–Trinajstić information content (AvgIpc) is 3.68. The molecule has 52 heavy (non-hydrogen) atoms. The molecule has 3 N–H and O–H groups in total. The topological polar surface area (TPSA) is 145 Å². The van der Waals surface area contributed by atoms with Gasteiger partial charge in [0.15, 0.2) is 11.9 Å². The number of carbonyl (C=O) groups is 2. The van der Waals surface area contributed by atoms with E-state index in [1.807, 2.05) is 0 Å². The smallest absolute Gasteiger partial charge is 0.378 e. The number of carbonyl (C=O) groups excluding carboxylic acids is 2. The van der Waals surface area contributed by atoms with Gasteiger partial charge in [-0.2, -0.15) is 0 Å². The van der Waals surface area contributed by atoms with Crippen molar-refractivity contribution in [3.63, 3.8) is 0 Å². The Kier molecular flexibility index (Phi) is 9.04. The van der Waals surface area contributed by atoms with E-state index in [1.54, 1.807) is 6.20 Å². The van der Waals surface area contributed by atoms with Gasteiger partial charge in [0.25, 0.3) is 0 Å². The summed E-state index contributed by atoms with van der Waals surface area (Å²) in [6.07, 6.45) is 12.0. The lowest BCUT2D eigenvalue weighted by Gasteiger charge is -2.71. The number of aliphatic hydroxyl groups excluding tert-OH is 2.